The van der Waals surface area contributed by atoms with Crippen LogP contribution in [-0.2, 0) is 14.8 Å². The lowest BCUT2D eigenvalue weighted by Crippen LogP contribution is -2.60. The SMILES string of the molecule is CNS(=O)(=O)CCNC(=O)N1CC(C(F)(F)F)OC(C)(C)C1. The van der Waals surface area contributed by atoms with Gasteiger partial charge in [0.25, 0.3) is 0 Å². The van der Waals surface area contributed by atoms with Crippen molar-refractivity contribution in [1.29, 1.82) is 0 Å². The maximum Gasteiger partial charge on any atom is 0.416 e. The number of ether oxygens (including phenoxy) is 1. The Hall–Kier alpha value is -1.07. The number of alkyl halides is 3. The van der Waals surface area contributed by atoms with Gasteiger partial charge in [0.05, 0.1) is 24.4 Å². The van der Waals surface area contributed by atoms with Crippen molar-refractivity contribution in [2.24, 2.45) is 0 Å². The van der Waals surface area contributed by atoms with Gasteiger partial charge in [0, 0.05) is 6.54 Å². The highest BCUT2D eigenvalue weighted by Gasteiger charge is 2.49. The third kappa shape index (κ3) is 5.61. The number of rotatable bonds is 4. The van der Waals surface area contributed by atoms with Crippen molar-refractivity contribution in [3.8, 4) is 0 Å². The second kappa shape index (κ2) is 6.59. The molecule has 1 unspecified atom stereocenters. The molecule has 0 saturated carbocycles. The van der Waals surface area contributed by atoms with Gasteiger partial charge in [0.15, 0.2) is 6.10 Å². The number of urea groups is 1. The Bertz CT molecular complexity index is 507. The molecule has 0 bridgehead atoms. The van der Waals surface area contributed by atoms with Crippen molar-refractivity contribution in [2.45, 2.75) is 31.7 Å². The van der Waals surface area contributed by atoms with Crippen molar-refractivity contribution in [1.82, 2.24) is 14.9 Å². The van der Waals surface area contributed by atoms with Gasteiger partial charge < -0.3 is 15.0 Å². The predicted molar refractivity (Wildman–Crippen MR) is 72.8 cm³/mol. The van der Waals surface area contributed by atoms with Crippen LogP contribution in [0.1, 0.15) is 13.8 Å². The Kier molecular flexibility index (Phi) is 5.68. The van der Waals surface area contributed by atoms with Crippen molar-refractivity contribution in [3.63, 3.8) is 0 Å². The first-order valence-electron chi connectivity index (χ1n) is 6.55. The summed E-state index contributed by atoms with van der Waals surface area (Å²) in [5.41, 5.74) is -1.15. The van der Waals surface area contributed by atoms with Crippen LogP contribution in [0.3, 0.4) is 0 Å². The highest BCUT2D eigenvalue weighted by Crippen LogP contribution is 2.31. The number of hydrogen-bond acceptors (Lipinski definition) is 4. The molecule has 1 rings (SSSR count). The Labute approximate surface area is 127 Å². The summed E-state index contributed by atoms with van der Waals surface area (Å²) in [4.78, 5) is 12.9. The molecule has 11 heteroatoms. The first-order valence-corrected chi connectivity index (χ1v) is 8.20. The van der Waals surface area contributed by atoms with E-state index in [1.165, 1.54) is 20.9 Å². The van der Waals surface area contributed by atoms with Crippen LogP contribution in [0.15, 0.2) is 0 Å². The summed E-state index contributed by atoms with van der Waals surface area (Å²) in [6.45, 7) is 2.06. The number of carbonyl (C=O) groups is 1. The summed E-state index contributed by atoms with van der Waals surface area (Å²) in [6, 6.07) is -0.753. The largest absolute Gasteiger partial charge is 0.416 e. The highest BCUT2D eigenvalue weighted by molar-refractivity contribution is 7.89. The summed E-state index contributed by atoms with van der Waals surface area (Å²) in [6.07, 6.45) is -6.64. The lowest BCUT2D eigenvalue weighted by molar-refractivity contribution is -0.267. The van der Waals surface area contributed by atoms with Gasteiger partial charge in [0.2, 0.25) is 10.0 Å². The molecule has 1 atom stereocenters. The van der Waals surface area contributed by atoms with Gasteiger partial charge in [-0.3, -0.25) is 0 Å². The molecule has 2 amide bonds. The Morgan fingerprint density at radius 2 is 2.00 bits per heavy atom. The molecule has 1 aliphatic rings. The maximum atomic E-state index is 12.8. The quantitative estimate of drug-likeness (QED) is 0.765. The van der Waals surface area contributed by atoms with E-state index in [2.05, 4.69) is 10.0 Å². The minimum absolute atomic E-state index is 0.0236. The predicted octanol–water partition coefficient (Wildman–Crippen LogP) is 0.287. The zero-order valence-electron chi connectivity index (χ0n) is 12.5. The van der Waals surface area contributed by atoms with E-state index in [0.717, 1.165) is 4.90 Å². The molecular weight excluding hydrogens is 327 g/mol. The van der Waals surface area contributed by atoms with E-state index in [1.54, 1.807) is 0 Å². The number of nitrogens with zero attached hydrogens (tertiary/aromatic N) is 1. The van der Waals surface area contributed by atoms with Gasteiger partial charge >= 0.3 is 12.2 Å². The van der Waals surface area contributed by atoms with E-state index >= 15 is 0 Å². The Balaban J connectivity index is 2.64. The van der Waals surface area contributed by atoms with Gasteiger partial charge in [-0.1, -0.05) is 0 Å². The Morgan fingerprint density at radius 3 is 2.50 bits per heavy atom. The lowest BCUT2D eigenvalue weighted by Gasteiger charge is -2.43. The van der Waals surface area contributed by atoms with Gasteiger partial charge in [0.1, 0.15) is 0 Å². The first kappa shape index (κ1) is 19.0. The third-order valence-corrected chi connectivity index (χ3v) is 4.39. The van der Waals surface area contributed by atoms with Crippen molar-refractivity contribution in [3.05, 3.63) is 0 Å². The molecule has 0 spiro atoms. The van der Waals surface area contributed by atoms with E-state index in [4.69, 9.17) is 4.74 Å². The molecule has 0 aromatic rings. The van der Waals surface area contributed by atoms with Gasteiger partial charge in [-0.15, -0.1) is 0 Å². The molecule has 1 saturated heterocycles. The molecule has 130 valence electrons. The zero-order chi connectivity index (χ0) is 17.2. The topological polar surface area (TPSA) is 87.7 Å². The number of halogens is 3. The van der Waals surface area contributed by atoms with E-state index < -0.39 is 40.5 Å². The van der Waals surface area contributed by atoms with Crippen LogP contribution in [0, 0.1) is 0 Å². The van der Waals surface area contributed by atoms with Gasteiger partial charge in [-0.05, 0) is 20.9 Å². The van der Waals surface area contributed by atoms with Gasteiger partial charge in [-0.2, -0.15) is 13.2 Å². The Morgan fingerprint density at radius 1 is 1.41 bits per heavy atom. The van der Waals surface area contributed by atoms with Crippen LogP contribution in [0.5, 0.6) is 0 Å². The van der Waals surface area contributed by atoms with E-state index in [0.29, 0.717) is 0 Å². The molecule has 2 N–H and O–H groups in total. The van der Waals surface area contributed by atoms with Gasteiger partial charge in [-0.25, -0.2) is 17.9 Å². The number of sulfonamides is 1. The number of hydrogen-bond donors (Lipinski definition) is 2. The normalized spacial score (nSPS) is 22.5. The van der Waals surface area contributed by atoms with Crippen LogP contribution in [-0.4, -0.2) is 69.7 Å². The van der Waals surface area contributed by atoms with Crippen molar-refractivity contribution < 1.29 is 31.1 Å². The van der Waals surface area contributed by atoms with Crippen LogP contribution < -0.4 is 10.0 Å². The van der Waals surface area contributed by atoms with E-state index in [-0.39, 0.29) is 18.8 Å². The van der Waals surface area contributed by atoms with Crippen LogP contribution in [0.25, 0.3) is 0 Å². The average Bonchev–Trinajstić information content (AvgIpc) is 2.35. The summed E-state index contributed by atoms with van der Waals surface area (Å²) in [5, 5.41) is 2.30. The molecular formula is C11H20F3N3O4S. The molecule has 0 aromatic carbocycles. The second-order valence-electron chi connectivity index (χ2n) is 5.54. The molecule has 7 nitrogen and oxygen atoms in total. The van der Waals surface area contributed by atoms with E-state index in [9.17, 15) is 26.4 Å². The van der Waals surface area contributed by atoms with Crippen molar-refractivity contribution >= 4 is 16.1 Å². The molecule has 1 aliphatic heterocycles. The van der Waals surface area contributed by atoms with Crippen molar-refractivity contribution in [2.75, 3.05) is 32.4 Å². The lowest BCUT2D eigenvalue weighted by atomic mass is 10.1. The zero-order valence-corrected chi connectivity index (χ0v) is 13.3. The molecule has 0 aliphatic carbocycles. The monoisotopic (exact) mass is 347 g/mol. The summed E-state index contributed by atoms with van der Waals surface area (Å²) >= 11 is 0. The van der Waals surface area contributed by atoms with E-state index in [1.807, 2.05) is 0 Å². The standard InChI is InChI=1S/C11H20F3N3O4S/c1-10(2)7-17(6-8(21-10)11(12,13)14)9(18)16-4-5-22(19,20)15-3/h8,15H,4-7H2,1-3H3,(H,16,18). The van der Waals surface area contributed by atoms with Crippen LogP contribution in [0.2, 0.25) is 0 Å². The molecule has 1 heterocycles. The summed E-state index contributed by atoms with van der Waals surface area (Å²) < 4.78 is 67.8. The molecule has 1 fully saturated rings. The summed E-state index contributed by atoms with van der Waals surface area (Å²) in [5.74, 6) is -0.355. The fraction of sp³-hybridized carbons (Fsp3) is 0.909. The molecule has 0 radical (unpaired) electrons. The number of morpholine rings is 1. The smallest absolute Gasteiger partial charge is 0.359 e. The minimum atomic E-state index is -4.58. The van der Waals surface area contributed by atoms with Crippen LogP contribution >= 0.6 is 0 Å². The number of nitrogens with one attached hydrogen (secondary N) is 2. The highest BCUT2D eigenvalue weighted by atomic mass is 32.2. The second-order valence-corrected chi connectivity index (χ2v) is 7.59. The molecule has 22 heavy (non-hydrogen) atoms. The van der Waals surface area contributed by atoms with Crippen LogP contribution in [0.4, 0.5) is 18.0 Å². The molecule has 0 aromatic heterocycles. The fourth-order valence-electron chi connectivity index (χ4n) is 2.02. The fourth-order valence-corrected chi connectivity index (χ4v) is 2.59. The third-order valence-electron chi connectivity index (χ3n) is 3.03. The number of carbonyl (C=O) groups excluding carboxylic acids is 1. The average molecular weight is 347 g/mol. The maximum absolute atomic E-state index is 12.8. The summed E-state index contributed by atoms with van der Waals surface area (Å²) in [7, 11) is -2.26. The minimum Gasteiger partial charge on any atom is -0.359 e. The first-order chi connectivity index (χ1) is 9.86. The number of amides is 2.